The van der Waals surface area contributed by atoms with E-state index in [1.807, 2.05) is 36.3 Å². The average molecular weight is 429 g/mol. The third kappa shape index (κ3) is 4.05. The number of carbonyl (C=O) groups excluding carboxylic acids is 2. The molecule has 0 aromatic carbocycles. The molecule has 2 atom stereocenters. The predicted octanol–water partition coefficient (Wildman–Crippen LogP) is 2.78. The van der Waals surface area contributed by atoms with Crippen LogP contribution in [-0.4, -0.2) is 51.2 Å². The number of amides is 2. The van der Waals surface area contributed by atoms with Crippen LogP contribution in [0.25, 0.3) is 0 Å². The lowest BCUT2D eigenvalue weighted by molar-refractivity contribution is -0.136. The van der Waals surface area contributed by atoms with Gasteiger partial charge in [-0.05, 0) is 30.7 Å². The highest BCUT2D eigenvalue weighted by atomic mass is 32.1. The maximum Gasteiger partial charge on any atom is 0.264 e. The van der Waals surface area contributed by atoms with Crippen LogP contribution >= 0.6 is 11.3 Å². The van der Waals surface area contributed by atoms with E-state index in [0.717, 1.165) is 31.5 Å². The number of piperidine rings is 1. The Kier molecular flexibility index (Phi) is 6.04. The molecule has 2 amide bonds. The molecule has 0 spiro atoms. The number of thiophene rings is 1. The van der Waals surface area contributed by atoms with Gasteiger partial charge in [0.25, 0.3) is 11.5 Å². The van der Waals surface area contributed by atoms with Crippen molar-refractivity contribution in [1.82, 2.24) is 19.8 Å². The predicted molar refractivity (Wildman–Crippen MR) is 116 cm³/mol. The Morgan fingerprint density at radius 3 is 2.90 bits per heavy atom. The molecule has 2 aromatic heterocycles. The third-order valence-corrected chi connectivity index (χ3v) is 7.12. The van der Waals surface area contributed by atoms with Crippen LogP contribution in [0.5, 0.6) is 0 Å². The van der Waals surface area contributed by atoms with E-state index in [-0.39, 0.29) is 35.8 Å². The van der Waals surface area contributed by atoms with E-state index < -0.39 is 0 Å². The second-order valence-electron chi connectivity index (χ2n) is 8.26. The van der Waals surface area contributed by atoms with Gasteiger partial charge in [0.2, 0.25) is 5.91 Å². The summed E-state index contributed by atoms with van der Waals surface area (Å²) >= 11 is 1.41. The van der Waals surface area contributed by atoms with Crippen molar-refractivity contribution in [3.8, 4) is 0 Å². The second kappa shape index (κ2) is 8.71. The highest BCUT2D eigenvalue weighted by Crippen LogP contribution is 2.27. The van der Waals surface area contributed by atoms with Crippen LogP contribution in [0.3, 0.4) is 0 Å². The molecular weight excluding hydrogens is 400 g/mol. The van der Waals surface area contributed by atoms with Gasteiger partial charge in [0.1, 0.15) is 5.82 Å². The van der Waals surface area contributed by atoms with Gasteiger partial charge in [0.15, 0.2) is 0 Å². The van der Waals surface area contributed by atoms with Crippen LogP contribution in [-0.2, 0) is 17.8 Å². The van der Waals surface area contributed by atoms with Crippen LogP contribution in [0.4, 0.5) is 0 Å². The molecule has 2 aromatic rings. The largest absolute Gasteiger partial charge is 0.342 e. The molecular formula is C22H28N4O3S. The fourth-order valence-electron chi connectivity index (χ4n) is 4.25. The van der Waals surface area contributed by atoms with Gasteiger partial charge >= 0.3 is 0 Å². The summed E-state index contributed by atoms with van der Waals surface area (Å²) in [6, 6.07) is 3.67. The number of rotatable bonds is 4. The average Bonchev–Trinajstić information content (AvgIpc) is 3.32. The molecule has 30 heavy (non-hydrogen) atoms. The number of aromatic nitrogens is 2. The topological polar surface area (TPSA) is 86.4 Å². The van der Waals surface area contributed by atoms with E-state index in [4.69, 9.17) is 4.98 Å². The maximum atomic E-state index is 12.8. The Labute approximate surface area is 180 Å². The van der Waals surface area contributed by atoms with Crippen LogP contribution in [0, 0.1) is 5.92 Å². The van der Waals surface area contributed by atoms with Gasteiger partial charge in [0.05, 0.1) is 22.7 Å². The monoisotopic (exact) mass is 428 g/mol. The van der Waals surface area contributed by atoms with E-state index in [1.165, 1.54) is 11.3 Å². The van der Waals surface area contributed by atoms with Gasteiger partial charge in [-0.3, -0.25) is 14.4 Å². The first-order valence-electron chi connectivity index (χ1n) is 10.7. The zero-order valence-corrected chi connectivity index (χ0v) is 18.3. The van der Waals surface area contributed by atoms with Crippen molar-refractivity contribution in [3.05, 3.63) is 49.8 Å². The first-order chi connectivity index (χ1) is 14.5. The fraction of sp³-hybridized carbons (Fsp3) is 0.545. The normalized spacial score (nSPS) is 20.0. The lowest BCUT2D eigenvalue weighted by atomic mass is 9.95. The number of likely N-dealkylation sites (tertiary alicyclic amines) is 1. The molecule has 0 saturated carbocycles. The second-order valence-corrected chi connectivity index (χ2v) is 9.21. The minimum absolute atomic E-state index is 0.0196. The minimum atomic E-state index is -0.163. The van der Waals surface area contributed by atoms with Gasteiger partial charge < -0.3 is 14.8 Å². The van der Waals surface area contributed by atoms with Crippen molar-refractivity contribution in [3.63, 3.8) is 0 Å². The maximum absolute atomic E-state index is 12.8. The van der Waals surface area contributed by atoms with Crippen LogP contribution in [0.2, 0.25) is 0 Å². The van der Waals surface area contributed by atoms with Gasteiger partial charge in [-0.2, -0.15) is 0 Å². The van der Waals surface area contributed by atoms with Gasteiger partial charge in [-0.1, -0.05) is 19.9 Å². The summed E-state index contributed by atoms with van der Waals surface area (Å²) in [4.78, 5) is 50.2. The number of carbonyl (C=O) groups is 2. The summed E-state index contributed by atoms with van der Waals surface area (Å²) in [5, 5.41) is 1.88. The molecule has 0 bridgehead atoms. The number of nitrogens with zero attached hydrogens (tertiary/aromatic N) is 3. The first-order valence-corrected chi connectivity index (χ1v) is 11.6. The lowest BCUT2D eigenvalue weighted by Gasteiger charge is -2.34. The van der Waals surface area contributed by atoms with Crippen molar-refractivity contribution >= 4 is 23.2 Å². The van der Waals surface area contributed by atoms with Crippen molar-refractivity contribution in [2.75, 3.05) is 19.6 Å². The fourth-order valence-corrected chi connectivity index (χ4v) is 4.94. The van der Waals surface area contributed by atoms with E-state index >= 15 is 0 Å². The summed E-state index contributed by atoms with van der Waals surface area (Å²) in [7, 11) is 0. The zero-order chi connectivity index (χ0) is 21.3. The number of hydrogen-bond donors (Lipinski definition) is 1. The Balaban J connectivity index is 1.51. The summed E-state index contributed by atoms with van der Waals surface area (Å²) in [6.45, 7) is 6.22. The molecule has 4 rings (SSSR count). The molecule has 8 heteroatoms. The van der Waals surface area contributed by atoms with E-state index in [0.29, 0.717) is 35.8 Å². The zero-order valence-electron chi connectivity index (χ0n) is 17.5. The molecule has 160 valence electrons. The molecule has 0 radical (unpaired) electrons. The minimum Gasteiger partial charge on any atom is -0.342 e. The Morgan fingerprint density at radius 2 is 2.17 bits per heavy atom. The molecule has 1 N–H and O–H groups in total. The van der Waals surface area contributed by atoms with Crippen molar-refractivity contribution in [1.29, 1.82) is 0 Å². The molecule has 2 aliphatic heterocycles. The highest BCUT2D eigenvalue weighted by molar-refractivity contribution is 7.12. The van der Waals surface area contributed by atoms with Gasteiger partial charge in [0, 0.05) is 37.9 Å². The van der Waals surface area contributed by atoms with Crippen LogP contribution in [0.15, 0.2) is 22.3 Å². The van der Waals surface area contributed by atoms with E-state index in [1.54, 1.807) is 4.90 Å². The summed E-state index contributed by atoms with van der Waals surface area (Å²) < 4.78 is 0. The lowest BCUT2D eigenvalue weighted by Crippen LogP contribution is -2.43. The van der Waals surface area contributed by atoms with Gasteiger partial charge in [-0.25, -0.2) is 4.98 Å². The van der Waals surface area contributed by atoms with E-state index in [2.05, 4.69) is 4.98 Å². The Bertz CT molecular complexity index is 985. The number of H-pyrrole nitrogens is 1. The summed E-state index contributed by atoms with van der Waals surface area (Å²) in [5.41, 5.74) is 1.21. The Morgan fingerprint density at radius 1 is 1.33 bits per heavy atom. The quantitative estimate of drug-likeness (QED) is 0.811. The molecule has 1 saturated heterocycles. The summed E-state index contributed by atoms with van der Waals surface area (Å²) in [5.74, 6) is 0.899. The number of hydrogen-bond acceptors (Lipinski definition) is 5. The molecule has 1 fully saturated rings. The first kappa shape index (κ1) is 20.8. The molecule has 0 aliphatic carbocycles. The molecule has 0 unspecified atom stereocenters. The van der Waals surface area contributed by atoms with E-state index in [9.17, 15) is 14.4 Å². The SMILES string of the molecule is CC[C@H](C)C(=O)N1CCC[C@H](c2nc3c(c(=O)[nH]2)CN(C(=O)c2cccs2)CC3)C1. The number of fused-ring (bicyclic) bond motifs is 1. The third-order valence-electron chi connectivity index (χ3n) is 6.26. The smallest absolute Gasteiger partial charge is 0.264 e. The number of aromatic amines is 1. The number of nitrogens with one attached hydrogen (secondary N) is 1. The molecule has 2 aliphatic rings. The van der Waals surface area contributed by atoms with Crippen LogP contribution in [0.1, 0.15) is 65.8 Å². The van der Waals surface area contributed by atoms with Crippen molar-refractivity contribution < 1.29 is 9.59 Å². The summed E-state index contributed by atoms with van der Waals surface area (Å²) in [6.07, 6.45) is 3.23. The molecule has 4 heterocycles. The van der Waals surface area contributed by atoms with Gasteiger partial charge in [-0.15, -0.1) is 11.3 Å². The van der Waals surface area contributed by atoms with Crippen LogP contribution < -0.4 is 5.56 Å². The van der Waals surface area contributed by atoms with Crippen molar-refractivity contribution in [2.24, 2.45) is 5.92 Å². The molecule has 7 nitrogen and oxygen atoms in total. The highest BCUT2D eigenvalue weighted by Gasteiger charge is 2.30. The Hall–Kier alpha value is -2.48. The van der Waals surface area contributed by atoms with Crippen molar-refractivity contribution in [2.45, 2.75) is 52.0 Å². The standard InChI is InChI=1S/C22H28N4O3S/c1-3-14(2)21(28)25-9-4-6-15(12-25)19-23-17-8-10-26(13-16(17)20(27)24-19)22(29)18-7-5-11-30-18/h5,7,11,14-15H,3-4,6,8-10,12-13H2,1-2H3,(H,23,24,27)/t14-,15-/m0/s1.